The topological polar surface area (TPSA) is 84.5 Å². The smallest absolute Gasteiger partial charge is 0.188 e. The van der Waals surface area contributed by atoms with Gasteiger partial charge in [0.15, 0.2) is 15.8 Å². The van der Waals surface area contributed by atoms with Gasteiger partial charge < -0.3 is 11.1 Å². The third-order valence-corrected chi connectivity index (χ3v) is 4.86. The molecule has 1 heterocycles. The quantitative estimate of drug-likeness (QED) is 0.416. The fraction of sp³-hybridized carbons (Fsp3) is 0.700. The van der Waals surface area contributed by atoms with E-state index in [0.29, 0.717) is 13.0 Å². The molecule has 3 N–H and O–H groups in total. The van der Waals surface area contributed by atoms with Crippen LogP contribution in [0.25, 0.3) is 0 Å². The first-order valence-electron chi connectivity index (χ1n) is 5.42. The maximum atomic E-state index is 11.7. The lowest BCUT2D eigenvalue weighted by molar-refractivity contribution is 0.541. The molecule has 1 unspecified atom stereocenters. The van der Waals surface area contributed by atoms with Crippen molar-refractivity contribution in [1.29, 1.82) is 0 Å². The standard InChI is InChI=1S/C10H19N3O2S/c1-2-6-12-10(11)13-8-9-5-3-4-7-16(9,14)15/h2,9H,1,3-8H2,(H3,11,12,13). The van der Waals surface area contributed by atoms with Gasteiger partial charge in [-0.25, -0.2) is 8.42 Å². The number of rotatable bonds is 4. The lowest BCUT2D eigenvalue weighted by Crippen LogP contribution is -2.35. The van der Waals surface area contributed by atoms with Crippen LogP contribution in [0.15, 0.2) is 17.6 Å². The van der Waals surface area contributed by atoms with E-state index in [9.17, 15) is 8.42 Å². The van der Waals surface area contributed by atoms with Crippen molar-refractivity contribution < 1.29 is 8.42 Å². The summed E-state index contributed by atoms with van der Waals surface area (Å²) in [5, 5.41) is 2.46. The molecule has 16 heavy (non-hydrogen) atoms. The van der Waals surface area contributed by atoms with Crippen LogP contribution in [0.4, 0.5) is 0 Å². The number of nitrogens with two attached hydrogens (primary N) is 1. The number of guanidine groups is 1. The van der Waals surface area contributed by atoms with Crippen LogP contribution in [0.2, 0.25) is 0 Å². The maximum absolute atomic E-state index is 11.7. The number of aliphatic imine (C=N–C) groups is 1. The molecule has 92 valence electrons. The average Bonchev–Trinajstić information content (AvgIpc) is 2.24. The van der Waals surface area contributed by atoms with E-state index in [1.54, 1.807) is 6.08 Å². The van der Waals surface area contributed by atoms with E-state index in [0.717, 1.165) is 12.8 Å². The first-order chi connectivity index (χ1) is 7.56. The normalized spacial score (nSPS) is 25.0. The molecule has 1 aliphatic heterocycles. The predicted molar refractivity (Wildman–Crippen MR) is 66.1 cm³/mol. The van der Waals surface area contributed by atoms with Crippen LogP contribution < -0.4 is 11.1 Å². The maximum Gasteiger partial charge on any atom is 0.188 e. The molecule has 1 atom stereocenters. The third kappa shape index (κ3) is 3.84. The molecule has 1 saturated heterocycles. The summed E-state index contributed by atoms with van der Waals surface area (Å²) in [4.78, 5) is 4.04. The molecule has 1 rings (SSSR count). The molecule has 0 aromatic rings. The van der Waals surface area contributed by atoms with Crippen molar-refractivity contribution in [3.63, 3.8) is 0 Å². The second-order valence-electron chi connectivity index (χ2n) is 3.88. The first kappa shape index (κ1) is 13.0. The van der Waals surface area contributed by atoms with Crippen molar-refractivity contribution in [2.24, 2.45) is 10.7 Å². The van der Waals surface area contributed by atoms with Crippen molar-refractivity contribution in [2.45, 2.75) is 24.5 Å². The van der Waals surface area contributed by atoms with Gasteiger partial charge in [0.25, 0.3) is 0 Å². The number of nitrogens with one attached hydrogen (secondary N) is 1. The van der Waals surface area contributed by atoms with Gasteiger partial charge in [-0.3, -0.25) is 4.99 Å². The van der Waals surface area contributed by atoms with Crippen molar-refractivity contribution in [3.8, 4) is 0 Å². The molecule has 0 aliphatic carbocycles. The summed E-state index contributed by atoms with van der Waals surface area (Å²) < 4.78 is 23.3. The van der Waals surface area contributed by atoms with Gasteiger partial charge in [-0.2, -0.15) is 0 Å². The van der Waals surface area contributed by atoms with Crippen LogP contribution in [0.1, 0.15) is 19.3 Å². The summed E-state index contributed by atoms with van der Waals surface area (Å²) in [6.45, 7) is 4.33. The predicted octanol–water partition coefficient (Wildman–Crippen LogP) is 0.0440. The van der Waals surface area contributed by atoms with Crippen LogP contribution in [-0.2, 0) is 9.84 Å². The molecule has 0 saturated carbocycles. The zero-order chi connectivity index (χ0) is 12.0. The van der Waals surface area contributed by atoms with Crippen LogP contribution in [0.3, 0.4) is 0 Å². The average molecular weight is 245 g/mol. The number of hydrogen-bond donors (Lipinski definition) is 2. The molecule has 0 radical (unpaired) electrons. The number of hydrogen-bond acceptors (Lipinski definition) is 3. The van der Waals surface area contributed by atoms with Gasteiger partial charge in [0.05, 0.1) is 17.5 Å². The molecule has 0 aromatic carbocycles. The Labute approximate surface area is 96.7 Å². The molecule has 0 amide bonds. The van der Waals surface area contributed by atoms with Crippen LogP contribution in [0, 0.1) is 0 Å². The van der Waals surface area contributed by atoms with Crippen molar-refractivity contribution in [2.75, 3.05) is 18.8 Å². The molecule has 5 nitrogen and oxygen atoms in total. The highest BCUT2D eigenvalue weighted by atomic mass is 32.2. The van der Waals surface area contributed by atoms with E-state index in [4.69, 9.17) is 5.73 Å². The SMILES string of the molecule is C=CCNC(N)=NCC1CCCCS1(=O)=O. The van der Waals surface area contributed by atoms with E-state index in [1.807, 2.05) is 0 Å². The zero-order valence-corrected chi connectivity index (χ0v) is 10.2. The number of sulfone groups is 1. The molecule has 0 bridgehead atoms. The van der Waals surface area contributed by atoms with E-state index in [-0.39, 0.29) is 23.5 Å². The monoisotopic (exact) mass is 245 g/mol. The Kier molecular flexibility index (Phi) is 4.79. The Balaban J connectivity index is 2.50. The molecular weight excluding hydrogens is 226 g/mol. The Bertz CT molecular complexity index is 362. The van der Waals surface area contributed by atoms with Gasteiger partial charge in [-0.15, -0.1) is 6.58 Å². The molecular formula is C10H19N3O2S. The Morgan fingerprint density at radius 2 is 2.31 bits per heavy atom. The summed E-state index contributed by atoms with van der Waals surface area (Å²) in [5.74, 6) is 0.563. The minimum absolute atomic E-state index is 0.262. The summed E-state index contributed by atoms with van der Waals surface area (Å²) in [5.41, 5.74) is 5.56. The third-order valence-electron chi connectivity index (χ3n) is 2.61. The first-order valence-corrected chi connectivity index (χ1v) is 7.14. The summed E-state index contributed by atoms with van der Waals surface area (Å²) in [7, 11) is -2.95. The molecule has 1 fully saturated rings. The largest absolute Gasteiger partial charge is 0.370 e. The van der Waals surface area contributed by atoms with Gasteiger partial charge in [0.1, 0.15) is 0 Å². The summed E-state index contributed by atoms with van der Waals surface area (Å²) in [6, 6.07) is 0. The highest BCUT2D eigenvalue weighted by molar-refractivity contribution is 7.92. The Hall–Kier alpha value is -1.04. The Morgan fingerprint density at radius 1 is 1.56 bits per heavy atom. The molecule has 1 aliphatic rings. The molecule has 0 aromatic heterocycles. The van der Waals surface area contributed by atoms with Gasteiger partial charge in [-0.05, 0) is 12.8 Å². The van der Waals surface area contributed by atoms with E-state index in [2.05, 4.69) is 16.9 Å². The minimum Gasteiger partial charge on any atom is -0.370 e. The lowest BCUT2D eigenvalue weighted by Gasteiger charge is -2.20. The fourth-order valence-electron chi connectivity index (χ4n) is 1.66. The van der Waals surface area contributed by atoms with Gasteiger partial charge >= 0.3 is 0 Å². The van der Waals surface area contributed by atoms with Gasteiger partial charge in [-0.1, -0.05) is 12.5 Å². The second kappa shape index (κ2) is 5.89. The van der Waals surface area contributed by atoms with Crippen molar-refractivity contribution in [3.05, 3.63) is 12.7 Å². The molecule has 6 heteroatoms. The van der Waals surface area contributed by atoms with Gasteiger partial charge in [0.2, 0.25) is 0 Å². The summed E-state index contributed by atoms with van der Waals surface area (Å²) in [6.07, 6.45) is 4.09. The number of nitrogens with zero attached hydrogens (tertiary/aromatic N) is 1. The van der Waals surface area contributed by atoms with Gasteiger partial charge in [0, 0.05) is 6.54 Å². The molecule has 0 spiro atoms. The zero-order valence-electron chi connectivity index (χ0n) is 9.35. The van der Waals surface area contributed by atoms with E-state index < -0.39 is 9.84 Å². The Morgan fingerprint density at radius 3 is 2.94 bits per heavy atom. The van der Waals surface area contributed by atoms with Crippen molar-refractivity contribution >= 4 is 15.8 Å². The van der Waals surface area contributed by atoms with E-state index in [1.165, 1.54) is 0 Å². The van der Waals surface area contributed by atoms with Crippen LogP contribution in [0.5, 0.6) is 0 Å². The van der Waals surface area contributed by atoms with Crippen LogP contribution >= 0.6 is 0 Å². The fourth-order valence-corrected chi connectivity index (χ4v) is 3.43. The van der Waals surface area contributed by atoms with E-state index >= 15 is 0 Å². The van der Waals surface area contributed by atoms with Crippen LogP contribution in [-0.4, -0.2) is 38.5 Å². The highest BCUT2D eigenvalue weighted by Gasteiger charge is 2.28. The lowest BCUT2D eigenvalue weighted by atomic mass is 10.2. The summed E-state index contributed by atoms with van der Waals surface area (Å²) >= 11 is 0. The highest BCUT2D eigenvalue weighted by Crippen LogP contribution is 2.19. The second-order valence-corrected chi connectivity index (χ2v) is 6.28. The minimum atomic E-state index is -2.95. The van der Waals surface area contributed by atoms with Crippen molar-refractivity contribution in [1.82, 2.24) is 5.32 Å².